The first kappa shape index (κ1) is 14.6. The Balaban J connectivity index is 1.51. The van der Waals surface area contributed by atoms with Gasteiger partial charge >= 0.3 is 0 Å². The normalized spacial score (nSPS) is 17.1. The van der Waals surface area contributed by atoms with Gasteiger partial charge in [0, 0.05) is 6.61 Å². The van der Waals surface area contributed by atoms with E-state index in [4.69, 9.17) is 9.15 Å². The highest BCUT2D eigenvalue weighted by Crippen LogP contribution is 2.30. The fourth-order valence-corrected chi connectivity index (χ4v) is 2.64. The van der Waals surface area contributed by atoms with E-state index in [-0.39, 0.29) is 11.8 Å². The van der Waals surface area contributed by atoms with E-state index in [1.807, 2.05) is 30.3 Å². The molecule has 4 rings (SSSR count). The predicted octanol–water partition coefficient (Wildman–Crippen LogP) is 2.36. The van der Waals surface area contributed by atoms with Gasteiger partial charge in [-0.05, 0) is 25.0 Å². The minimum Gasteiger partial charge on any atom is -0.445 e. The molecule has 3 heterocycles. The Labute approximate surface area is 137 Å². The fraction of sp³-hybridized carbons (Fsp3) is 0.250. The van der Waals surface area contributed by atoms with Crippen molar-refractivity contribution in [1.29, 1.82) is 0 Å². The molecule has 1 aliphatic rings. The Morgan fingerprint density at radius 1 is 1.29 bits per heavy atom. The van der Waals surface area contributed by atoms with Gasteiger partial charge in [0.2, 0.25) is 0 Å². The highest BCUT2D eigenvalue weighted by atomic mass is 16.5. The second-order valence-corrected chi connectivity index (χ2v) is 5.40. The van der Waals surface area contributed by atoms with Crippen molar-refractivity contribution in [3.63, 3.8) is 0 Å². The number of para-hydroxylation sites is 1. The van der Waals surface area contributed by atoms with Crippen LogP contribution in [-0.2, 0) is 4.74 Å². The molecule has 0 radical (unpaired) electrons. The number of carbonyl (C=O) groups excluding carboxylic acids is 1. The molecule has 0 bridgehead atoms. The predicted molar refractivity (Wildman–Crippen MR) is 83.7 cm³/mol. The van der Waals surface area contributed by atoms with Crippen LogP contribution in [0.1, 0.15) is 35.2 Å². The van der Waals surface area contributed by atoms with Crippen LogP contribution in [0.4, 0.5) is 5.82 Å². The molecule has 1 amide bonds. The van der Waals surface area contributed by atoms with Crippen LogP contribution in [-0.4, -0.2) is 32.5 Å². The maximum Gasteiger partial charge on any atom is 0.279 e. The standard InChI is InChI=1S/C16H15N5O3/c22-16(14-15(24-10-17-14)12-7-4-8-23-12)18-13-9-21(20-19-13)11-5-2-1-3-6-11/h1-3,5-6,9-10,12H,4,7-8H2,(H,18,22). The molecule has 3 aromatic rings. The van der Waals surface area contributed by atoms with Gasteiger partial charge in [0.1, 0.15) is 6.10 Å². The van der Waals surface area contributed by atoms with Gasteiger partial charge in [0.15, 0.2) is 23.7 Å². The smallest absolute Gasteiger partial charge is 0.279 e. The second-order valence-electron chi connectivity index (χ2n) is 5.40. The van der Waals surface area contributed by atoms with E-state index in [2.05, 4.69) is 20.6 Å². The largest absolute Gasteiger partial charge is 0.445 e. The molecule has 24 heavy (non-hydrogen) atoms. The molecule has 1 N–H and O–H groups in total. The van der Waals surface area contributed by atoms with Crippen LogP contribution in [0, 0.1) is 0 Å². The van der Waals surface area contributed by atoms with Crippen LogP contribution in [0.15, 0.2) is 47.3 Å². The molecule has 1 aromatic carbocycles. The molecule has 0 spiro atoms. The van der Waals surface area contributed by atoms with Crippen LogP contribution < -0.4 is 5.32 Å². The van der Waals surface area contributed by atoms with Crippen molar-refractivity contribution in [2.75, 3.05) is 11.9 Å². The maximum absolute atomic E-state index is 12.4. The zero-order valence-electron chi connectivity index (χ0n) is 12.8. The fourth-order valence-electron chi connectivity index (χ4n) is 2.64. The number of anilines is 1. The monoisotopic (exact) mass is 325 g/mol. The second kappa shape index (κ2) is 6.25. The van der Waals surface area contributed by atoms with Gasteiger partial charge in [-0.1, -0.05) is 23.4 Å². The number of ether oxygens (including phenoxy) is 1. The number of nitrogens with zero attached hydrogens (tertiary/aromatic N) is 4. The van der Waals surface area contributed by atoms with Gasteiger partial charge in [-0.15, -0.1) is 5.10 Å². The minimum atomic E-state index is -0.394. The molecule has 0 aliphatic carbocycles. The molecule has 8 heteroatoms. The zero-order chi connectivity index (χ0) is 16.4. The lowest BCUT2D eigenvalue weighted by molar-refractivity contribution is 0.0889. The summed E-state index contributed by atoms with van der Waals surface area (Å²) < 4.78 is 12.5. The summed E-state index contributed by atoms with van der Waals surface area (Å²) >= 11 is 0. The quantitative estimate of drug-likeness (QED) is 0.791. The third-order valence-electron chi connectivity index (χ3n) is 3.79. The molecule has 1 unspecified atom stereocenters. The molecule has 1 atom stereocenters. The Morgan fingerprint density at radius 2 is 2.17 bits per heavy atom. The first-order valence-corrected chi connectivity index (χ1v) is 7.65. The van der Waals surface area contributed by atoms with Crippen LogP contribution in [0.25, 0.3) is 5.69 Å². The van der Waals surface area contributed by atoms with Gasteiger partial charge in [-0.2, -0.15) is 0 Å². The average Bonchev–Trinajstić information content (AvgIpc) is 3.36. The molecule has 1 aliphatic heterocycles. The van der Waals surface area contributed by atoms with E-state index in [1.165, 1.54) is 6.39 Å². The lowest BCUT2D eigenvalue weighted by atomic mass is 10.1. The summed E-state index contributed by atoms with van der Waals surface area (Å²) in [5, 5.41) is 10.7. The van der Waals surface area contributed by atoms with Gasteiger partial charge < -0.3 is 14.5 Å². The lowest BCUT2D eigenvalue weighted by Gasteiger charge is -2.07. The summed E-state index contributed by atoms with van der Waals surface area (Å²) in [5.41, 5.74) is 1.07. The SMILES string of the molecule is O=C(Nc1cn(-c2ccccc2)nn1)c1ncoc1C1CCCO1. The third-order valence-corrected chi connectivity index (χ3v) is 3.79. The van der Waals surface area contributed by atoms with Crippen molar-refractivity contribution in [2.45, 2.75) is 18.9 Å². The molecule has 2 aromatic heterocycles. The number of nitrogens with one attached hydrogen (secondary N) is 1. The summed E-state index contributed by atoms with van der Waals surface area (Å²) in [4.78, 5) is 16.4. The number of oxazole rings is 1. The summed E-state index contributed by atoms with van der Waals surface area (Å²) in [7, 11) is 0. The summed E-state index contributed by atoms with van der Waals surface area (Å²) in [6.45, 7) is 0.665. The van der Waals surface area contributed by atoms with Gasteiger partial charge in [-0.3, -0.25) is 4.79 Å². The van der Waals surface area contributed by atoms with Crippen molar-refractivity contribution in [3.8, 4) is 5.69 Å². The first-order chi connectivity index (χ1) is 11.8. The van der Waals surface area contributed by atoms with Gasteiger partial charge in [0.25, 0.3) is 5.91 Å². The van der Waals surface area contributed by atoms with Crippen molar-refractivity contribution in [1.82, 2.24) is 20.0 Å². The third kappa shape index (κ3) is 2.79. The highest BCUT2D eigenvalue weighted by molar-refractivity contribution is 6.02. The molecule has 1 fully saturated rings. The van der Waals surface area contributed by atoms with Crippen molar-refractivity contribution < 1.29 is 13.9 Å². The molecule has 1 saturated heterocycles. The molecular formula is C16H15N5O3. The van der Waals surface area contributed by atoms with Crippen molar-refractivity contribution >= 4 is 11.7 Å². The summed E-state index contributed by atoms with van der Waals surface area (Å²) in [6.07, 6.45) is 4.44. The topological polar surface area (TPSA) is 95.1 Å². The maximum atomic E-state index is 12.4. The molecule has 8 nitrogen and oxygen atoms in total. The average molecular weight is 325 g/mol. The van der Waals surface area contributed by atoms with Crippen LogP contribution in [0.5, 0.6) is 0 Å². The number of hydrogen-bond acceptors (Lipinski definition) is 6. The van der Waals surface area contributed by atoms with E-state index in [1.54, 1.807) is 10.9 Å². The number of benzene rings is 1. The number of amides is 1. The summed E-state index contributed by atoms with van der Waals surface area (Å²) in [5.74, 6) is 0.403. The van der Waals surface area contributed by atoms with E-state index in [0.29, 0.717) is 18.2 Å². The van der Waals surface area contributed by atoms with Crippen molar-refractivity contribution in [2.24, 2.45) is 0 Å². The van der Waals surface area contributed by atoms with Gasteiger partial charge in [0.05, 0.1) is 11.9 Å². The van der Waals surface area contributed by atoms with E-state index < -0.39 is 5.91 Å². The molecular weight excluding hydrogens is 310 g/mol. The zero-order valence-corrected chi connectivity index (χ0v) is 12.8. The highest BCUT2D eigenvalue weighted by Gasteiger charge is 2.28. The van der Waals surface area contributed by atoms with E-state index in [9.17, 15) is 4.79 Å². The minimum absolute atomic E-state index is 0.215. The Kier molecular flexibility index (Phi) is 3.80. The number of rotatable bonds is 4. The lowest BCUT2D eigenvalue weighted by Crippen LogP contribution is -2.15. The van der Waals surface area contributed by atoms with E-state index in [0.717, 1.165) is 18.5 Å². The number of hydrogen-bond donors (Lipinski definition) is 1. The summed E-state index contributed by atoms with van der Waals surface area (Å²) in [6, 6.07) is 9.51. The Hall–Kier alpha value is -3.00. The van der Waals surface area contributed by atoms with Crippen molar-refractivity contribution in [3.05, 3.63) is 54.4 Å². The van der Waals surface area contributed by atoms with E-state index >= 15 is 0 Å². The Bertz CT molecular complexity index is 836. The number of carbonyl (C=O) groups is 1. The van der Waals surface area contributed by atoms with Gasteiger partial charge in [-0.25, -0.2) is 9.67 Å². The molecule has 122 valence electrons. The Morgan fingerprint density at radius 3 is 2.96 bits per heavy atom. The van der Waals surface area contributed by atoms with Crippen LogP contribution in [0.3, 0.4) is 0 Å². The first-order valence-electron chi connectivity index (χ1n) is 7.65. The molecule has 0 saturated carbocycles. The van der Waals surface area contributed by atoms with Crippen LogP contribution >= 0.6 is 0 Å². The van der Waals surface area contributed by atoms with Crippen LogP contribution in [0.2, 0.25) is 0 Å². The number of aromatic nitrogens is 4.